The molecule has 2 N–H and O–H groups in total. The van der Waals surface area contributed by atoms with Crippen molar-refractivity contribution in [2.24, 2.45) is 0 Å². The second-order valence-electron chi connectivity index (χ2n) is 11.9. The molecule has 0 spiro atoms. The van der Waals surface area contributed by atoms with Crippen molar-refractivity contribution in [3.63, 3.8) is 0 Å². The van der Waals surface area contributed by atoms with E-state index in [0.29, 0.717) is 31.2 Å². The van der Waals surface area contributed by atoms with E-state index in [9.17, 15) is 28.0 Å². The van der Waals surface area contributed by atoms with Gasteiger partial charge < -0.3 is 20.1 Å². The SMILES string of the molecule is CCOC(=O)c1ccccc1C1CCC(N2CCC(NC(=O)N3C(=O)NC(CC)=C(C(=O)OC)[C@@H]3c3ccc(F)c(F)c3)C2)CC1. The molecule has 12 heteroatoms. The van der Waals surface area contributed by atoms with Crippen LogP contribution >= 0.6 is 0 Å². The number of methoxy groups -OCH3 is 1. The molecule has 0 bridgehead atoms. The van der Waals surface area contributed by atoms with Crippen molar-refractivity contribution in [2.45, 2.75) is 76.4 Å². The molecule has 2 aliphatic heterocycles. The maximum atomic E-state index is 14.4. The smallest absolute Gasteiger partial charge is 0.338 e. The maximum absolute atomic E-state index is 14.4. The third kappa shape index (κ3) is 6.76. The van der Waals surface area contributed by atoms with E-state index in [0.717, 1.165) is 54.8 Å². The Bertz CT molecular complexity index is 1520. The molecular weight excluding hydrogens is 598 g/mol. The Morgan fingerprint density at radius 2 is 1.72 bits per heavy atom. The van der Waals surface area contributed by atoms with Crippen molar-refractivity contribution < 1.29 is 37.4 Å². The Morgan fingerprint density at radius 3 is 2.39 bits per heavy atom. The zero-order chi connectivity index (χ0) is 33.0. The van der Waals surface area contributed by atoms with Gasteiger partial charge in [0.1, 0.15) is 6.04 Å². The Morgan fingerprint density at radius 1 is 0.978 bits per heavy atom. The van der Waals surface area contributed by atoms with Crippen LogP contribution in [0.5, 0.6) is 0 Å². The van der Waals surface area contributed by atoms with Crippen molar-refractivity contribution in [3.05, 3.63) is 82.1 Å². The van der Waals surface area contributed by atoms with Gasteiger partial charge in [-0.25, -0.2) is 32.9 Å². The number of allylic oxidation sites excluding steroid dienone is 1. The van der Waals surface area contributed by atoms with E-state index in [-0.39, 0.29) is 41.2 Å². The summed E-state index contributed by atoms with van der Waals surface area (Å²) < 4.78 is 38.4. The molecule has 5 rings (SSSR count). The summed E-state index contributed by atoms with van der Waals surface area (Å²) in [6.07, 6.45) is 4.59. The number of halogens is 2. The lowest BCUT2D eigenvalue weighted by molar-refractivity contribution is -0.136. The molecule has 0 radical (unpaired) electrons. The number of ether oxygens (including phenoxy) is 2. The first-order valence-electron chi connectivity index (χ1n) is 15.8. The highest BCUT2D eigenvalue weighted by atomic mass is 19.2. The Hall–Kier alpha value is -4.32. The van der Waals surface area contributed by atoms with Crippen molar-refractivity contribution in [1.82, 2.24) is 20.4 Å². The van der Waals surface area contributed by atoms with Crippen molar-refractivity contribution in [2.75, 3.05) is 26.8 Å². The molecule has 1 aliphatic carbocycles. The van der Waals surface area contributed by atoms with E-state index in [1.807, 2.05) is 24.3 Å². The molecule has 2 aromatic rings. The number of nitrogens with zero attached hydrogens (tertiary/aromatic N) is 2. The number of carbonyl (C=O) groups excluding carboxylic acids is 4. The van der Waals surface area contributed by atoms with Gasteiger partial charge in [-0.05, 0) is 80.7 Å². The van der Waals surface area contributed by atoms with E-state index in [4.69, 9.17) is 9.47 Å². The summed E-state index contributed by atoms with van der Waals surface area (Å²) in [6, 6.07) is 7.83. The molecule has 2 atom stereocenters. The van der Waals surface area contributed by atoms with Crippen LogP contribution in [0.1, 0.15) is 85.8 Å². The number of likely N-dealkylation sites (tertiary alicyclic amines) is 1. The van der Waals surface area contributed by atoms with Gasteiger partial charge in [0, 0.05) is 30.9 Å². The predicted octanol–water partition coefficient (Wildman–Crippen LogP) is 5.56. The first kappa shape index (κ1) is 33.1. The number of carbonyl (C=O) groups is 4. The molecule has 2 fully saturated rings. The lowest BCUT2D eigenvalue weighted by Gasteiger charge is -2.37. The highest BCUT2D eigenvalue weighted by Crippen LogP contribution is 2.38. The van der Waals surface area contributed by atoms with Gasteiger partial charge >= 0.3 is 24.0 Å². The fraction of sp³-hybridized carbons (Fsp3) is 0.471. The van der Waals surface area contributed by atoms with E-state index in [1.54, 1.807) is 13.8 Å². The second-order valence-corrected chi connectivity index (χ2v) is 11.9. The van der Waals surface area contributed by atoms with Crippen molar-refractivity contribution in [3.8, 4) is 0 Å². The van der Waals surface area contributed by atoms with Crippen LogP contribution in [0, 0.1) is 11.6 Å². The van der Waals surface area contributed by atoms with Crippen LogP contribution in [0.4, 0.5) is 18.4 Å². The van der Waals surface area contributed by atoms with Crippen LogP contribution in [0.15, 0.2) is 53.7 Å². The highest BCUT2D eigenvalue weighted by Gasteiger charge is 2.44. The zero-order valence-electron chi connectivity index (χ0n) is 26.3. The standard InChI is InChI=1S/C34H40F2N4O6/c1-4-28-29(32(42)45-3)30(21-12-15-26(35)27(36)18-21)40(34(44)38-28)33(43)37-22-16-17-39(19-22)23-13-10-20(11-14-23)24-8-6-7-9-25(24)31(41)46-5-2/h6-9,12,15,18,20,22-23,30H,4-5,10-11,13-14,16-17,19H2,1-3H3,(H,37,43)(H,38,44)/t20?,22?,23?,30-/m0/s1. The minimum Gasteiger partial charge on any atom is -0.466 e. The van der Waals surface area contributed by atoms with Crippen LogP contribution in [0.2, 0.25) is 0 Å². The van der Waals surface area contributed by atoms with Gasteiger partial charge in [-0.3, -0.25) is 4.90 Å². The first-order valence-corrected chi connectivity index (χ1v) is 15.8. The van der Waals surface area contributed by atoms with Crippen LogP contribution in [-0.2, 0) is 14.3 Å². The third-order valence-corrected chi connectivity index (χ3v) is 9.23. The minimum absolute atomic E-state index is 0.0277. The zero-order valence-corrected chi connectivity index (χ0v) is 26.3. The Labute approximate surface area is 267 Å². The largest absolute Gasteiger partial charge is 0.466 e. The molecular formula is C34H40F2N4O6. The molecule has 1 saturated heterocycles. The summed E-state index contributed by atoms with van der Waals surface area (Å²) in [6.45, 7) is 5.17. The first-order chi connectivity index (χ1) is 22.2. The minimum atomic E-state index is -1.32. The summed E-state index contributed by atoms with van der Waals surface area (Å²) >= 11 is 0. The molecule has 1 saturated carbocycles. The monoisotopic (exact) mass is 638 g/mol. The summed E-state index contributed by atoms with van der Waals surface area (Å²) in [5.74, 6) is -3.10. The number of hydrogen-bond donors (Lipinski definition) is 2. The lowest BCUT2D eigenvalue weighted by atomic mass is 9.79. The fourth-order valence-corrected chi connectivity index (χ4v) is 6.98. The summed E-state index contributed by atoms with van der Waals surface area (Å²) in [5, 5.41) is 5.55. The molecule has 2 heterocycles. The van der Waals surface area contributed by atoms with E-state index in [2.05, 4.69) is 15.5 Å². The highest BCUT2D eigenvalue weighted by molar-refractivity contribution is 6.01. The number of amides is 4. The topological polar surface area (TPSA) is 117 Å². The second kappa shape index (κ2) is 14.4. The fourth-order valence-electron chi connectivity index (χ4n) is 6.98. The van der Waals surface area contributed by atoms with Gasteiger partial charge in [0.05, 0.1) is 24.9 Å². The molecule has 4 amide bonds. The van der Waals surface area contributed by atoms with E-state index >= 15 is 0 Å². The number of nitrogens with one attached hydrogen (secondary N) is 2. The normalized spacial score (nSPS) is 23.6. The van der Waals surface area contributed by atoms with Crippen LogP contribution < -0.4 is 10.6 Å². The van der Waals surface area contributed by atoms with Gasteiger partial charge in [0.25, 0.3) is 0 Å². The van der Waals surface area contributed by atoms with Crippen LogP contribution in [0.25, 0.3) is 0 Å². The van der Waals surface area contributed by atoms with Crippen molar-refractivity contribution in [1.29, 1.82) is 0 Å². The average molecular weight is 639 g/mol. The van der Waals surface area contributed by atoms with Gasteiger partial charge in [-0.15, -0.1) is 0 Å². The summed E-state index contributed by atoms with van der Waals surface area (Å²) in [5.41, 5.74) is 1.91. The van der Waals surface area contributed by atoms with E-state index < -0.39 is 35.7 Å². The quantitative estimate of drug-likeness (QED) is 0.364. The van der Waals surface area contributed by atoms with Gasteiger partial charge in [0.15, 0.2) is 11.6 Å². The average Bonchev–Trinajstić information content (AvgIpc) is 3.53. The van der Waals surface area contributed by atoms with E-state index in [1.165, 1.54) is 13.2 Å². The third-order valence-electron chi connectivity index (χ3n) is 9.23. The predicted molar refractivity (Wildman–Crippen MR) is 165 cm³/mol. The molecule has 3 aliphatic rings. The molecule has 10 nitrogen and oxygen atoms in total. The molecule has 0 aromatic heterocycles. The van der Waals surface area contributed by atoms with Crippen molar-refractivity contribution >= 4 is 24.0 Å². The molecule has 1 unspecified atom stereocenters. The van der Waals surface area contributed by atoms with Crippen LogP contribution in [0.3, 0.4) is 0 Å². The number of benzene rings is 2. The summed E-state index contributed by atoms with van der Waals surface area (Å²) in [7, 11) is 1.17. The van der Waals surface area contributed by atoms with Gasteiger partial charge in [-0.2, -0.15) is 0 Å². The lowest BCUT2D eigenvalue weighted by Crippen LogP contribution is -2.56. The summed E-state index contributed by atoms with van der Waals surface area (Å²) in [4.78, 5) is 55.6. The number of hydrogen-bond acceptors (Lipinski definition) is 7. The molecule has 46 heavy (non-hydrogen) atoms. The molecule has 2 aromatic carbocycles. The van der Waals surface area contributed by atoms with Gasteiger partial charge in [-0.1, -0.05) is 31.2 Å². The molecule has 246 valence electrons. The number of imide groups is 1. The Balaban J connectivity index is 1.27. The Kier molecular flexibility index (Phi) is 10.4. The maximum Gasteiger partial charge on any atom is 0.338 e. The van der Waals surface area contributed by atoms with Gasteiger partial charge in [0.2, 0.25) is 0 Å². The number of urea groups is 2. The number of esters is 2. The van der Waals surface area contributed by atoms with Crippen LogP contribution in [-0.4, -0.2) is 72.7 Å². The number of rotatable bonds is 8.